The molecule has 0 bridgehead atoms. The van der Waals surface area contributed by atoms with Gasteiger partial charge in [-0.25, -0.2) is 0 Å². The Balaban J connectivity index is 1.08. The minimum atomic E-state index is 1.13. The summed E-state index contributed by atoms with van der Waals surface area (Å²) in [7, 11) is 0. The van der Waals surface area contributed by atoms with E-state index in [1.807, 2.05) is 0 Å². The SMILES string of the molecule is c1ccc(-c2cc(-c3ccccc3)cc(-c3cc(-c4ccc5c(ccn5-c5cccc6ccc7ccccc7c56)c4)cc(-n4c5ccccc5c5ccccc54)c3)c2)cc1. The topological polar surface area (TPSA) is 9.86 Å². The Bertz CT molecular complexity index is 3480. The van der Waals surface area contributed by atoms with Gasteiger partial charge in [0.1, 0.15) is 0 Å². The van der Waals surface area contributed by atoms with Gasteiger partial charge in [0.25, 0.3) is 0 Å². The molecule has 0 fully saturated rings. The normalized spacial score (nSPS) is 11.7. The zero-order chi connectivity index (χ0) is 39.6. The maximum Gasteiger partial charge on any atom is 0.0541 e. The van der Waals surface area contributed by atoms with E-state index in [4.69, 9.17) is 0 Å². The van der Waals surface area contributed by atoms with Crippen LogP contribution in [0.3, 0.4) is 0 Å². The van der Waals surface area contributed by atoms with Crippen molar-refractivity contribution in [1.29, 1.82) is 0 Å². The Labute approximate surface area is 348 Å². The molecule has 12 aromatic rings. The summed E-state index contributed by atoms with van der Waals surface area (Å²) < 4.78 is 4.80. The lowest BCUT2D eigenvalue weighted by Gasteiger charge is -2.16. The molecule has 0 aliphatic carbocycles. The summed E-state index contributed by atoms with van der Waals surface area (Å²) >= 11 is 0. The van der Waals surface area contributed by atoms with Gasteiger partial charge in [-0.15, -0.1) is 0 Å². The first-order chi connectivity index (χ1) is 29.7. The molecule has 0 unspecified atom stereocenters. The van der Waals surface area contributed by atoms with Crippen molar-refractivity contribution in [2.75, 3.05) is 0 Å². The number of rotatable bonds is 6. The van der Waals surface area contributed by atoms with Crippen molar-refractivity contribution in [3.63, 3.8) is 0 Å². The van der Waals surface area contributed by atoms with Crippen LogP contribution in [0.5, 0.6) is 0 Å². The van der Waals surface area contributed by atoms with Gasteiger partial charge in [0.05, 0.1) is 22.2 Å². The van der Waals surface area contributed by atoms with Gasteiger partial charge in [-0.1, -0.05) is 152 Å². The van der Waals surface area contributed by atoms with E-state index >= 15 is 0 Å². The van der Waals surface area contributed by atoms with E-state index < -0.39 is 0 Å². The number of nitrogens with zero attached hydrogens (tertiary/aromatic N) is 2. The molecule has 280 valence electrons. The number of para-hydroxylation sites is 2. The quantitative estimate of drug-likeness (QED) is 0.149. The van der Waals surface area contributed by atoms with Crippen LogP contribution in [0.4, 0.5) is 0 Å². The average molecular weight is 763 g/mol. The average Bonchev–Trinajstić information content (AvgIpc) is 3.91. The Morgan fingerprint density at radius 1 is 0.267 bits per heavy atom. The second-order valence-electron chi connectivity index (χ2n) is 15.8. The predicted molar refractivity (Wildman–Crippen MR) is 254 cm³/mol. The van der Waals surface area contributed by atoms with Crippen molar-refractivity contribution >= 4 is 54.3 Å². The number of aromatic nitrogens is 2. The van der Waals surface area contributed by atoms with E-state index in [1.165, 1.54) is 104 Å². The zero-order valence-corrected chi connectivity index (χ0v) is 32.8. The summed E-state index contributed by atoms with van der Waals surface area (Å²) in [5, 5.41) is 8.73. The highest BCUT2D eigenvalue weighted by Crippen LogP contribution is 2.40. The van der Waals surface area contributed by atoms with Crippen LogP contribution in [-0.2, 0) is 0 Å². The first kappa shape index (κ1) is 34.1. The number of hydrogen-bond donors (Lipinski definition) is 0. The van der Waals surface area contributed by atoms with E-state index in [-0.39, 0.29) is 0 Å². The van der Waals surface area contributed by atoms with E-state index in [0.717, 1.165) is 5.69 Å². The smallest absolute Gasteiger partial charge is 0.0541 e. The van der Waals surface area contributed by atoms with Crippen LogP contribution < -0.4 is 0 Å². The predicted octanol–water partition coefficient (Wildman–Crippen LogP) is 15.7. The zero-order valence-electron chi connectivity index (χ0n) is 32.8. The van der Waals surface area contributed by atoms with Crippen molar-refractivity contribution in [3.05, 3.63) is 231 Å². The van der Waals surface area contributed by atoms with E-state index in [9.17, 15) is 0 Å². The van der Waals surface area contributed by atoms with Crippen LogP contribution in [-0.4, -0.2) is 9.13 Å². The molecule has 0 N–H and O–H groups in total. The molecule has 2 nitrogen and oxygen atoms in total. The highest BCUT2D eigenvalue weighted by Gasteiger charge is 2.17. The molecule has 0 saturated heterocycles. The van der Waals surface area contributed by atoms with Gasteiger partial charge in [0, 0.05) is 33.4 Å². The Hall–Kier alpha value is -7.94. The van der Waals surface area contributed by atoms with Gasteiger partial charge in [-0.3, -0.25) is 0 Å². The molecule has 0 aliphatic heterocycles. The number of benzene rings is 10. The van der Waals surface area contributed by atoms with Crippen molar-refractivity contribution < 1.29 is 0 Å². The molecule has 60 heavy (non-hydrogen) atoms. The fraction of sp³-hybridized carbons (Fsp3) is 0. The minimum Gasteiger partial charge on any atom is -0.316 e. The summed E-state index contributed by atoms with van der Waals surface area (Å²) in [6.45, 7) is 0. The summed E-state index contributed by atoms with van der Waals surface area (Å²) in [6, 6.07) is 82.2. The van der Waals surface area contributed by atoms with E-state index in [1.54, 1.807) is 0 Å². The Kier molecular flexibility index (Phi) is 7.89. The van der Waals surface area contributed by atoms with Crippen LogP contribution in [0.15, 0.2) is 231 Å². The van der Waals surface area contributed by atoms with Crippen molar-refractivity contribution in [3.8, 4) is 55.9 Å². The fourth-order valence-corrected chi connectivity index (χ4v) is 9.44. The molecular weight excluding hydrogens is 725 g/mol. The highest BCUT2D eigenvalue weighted by atomic mass is 15.0. The standard InChI is InChI=1S/C58H38N2/c1-3-14-39(15-4-1)45-33-46(40-16-5-2-6-17-40)35-47(34-45)49-36-48(37-50(38-49)60-55-23-11-9-21-52(55)53-22-10-12-24-56(53)60)43-28-29-54-44(32-43)30-31-59(54)57-25-13-19-42-27-26-41-18-7-8-20-51(41)58(42)57/h1-38H. The van der Waals surface area contributed by atoms with E-state index in [0.29, 0.717) is 0 Å². The largest absolute Gasteiger partial charge is 0.316 e. The van der Waals surface area contributed by atoms with Gasteiger partial charge in [-0.05, 0) is 133 Å². The molecule has 2 heterocycles. The lowest BCUT2D eigenvalue weighted by Crippen LogP contribution is -1.96. The first-order valence-corrected chi connectivity index (χ1v) is 20.7. The molecule has 0 amide bonds. The monoisotopic (exact) mass is 762 g/mol. The first-order valence-electron chi connectivity index (χ1n) is 20.7. The third-order valence-electron chi connectivity index (χ3n) is 12.3. The fourth-order valence-electron chi connectivity index (χ4n) is 9.44. The maximum absolute atomic E-state index is 2.44. The highest BCUT2D eigenvalue weighted by molar-refractivity contribution is 6.12. The van der Waals surface area contributed by atoms with Crippen molar-refractivity contribution in [2.45, 2.75) is 0 Å². The molecule has 0 aliphatic rings. The second-order valence-corrected chi connectivity index (χ2v) is 15.8. The van der Waals surface area contributed by atoms with Gasteiger partial charge in [-0.2, -0.15) is 0 Å². The van der Waals surface area contributed by atoms with Crippen LogP contribution >= 0.6 is 0 Å². The lowest BCUT2D eigenvalue weighted by atomic mass is 9.91. The Morgan fingerprint density at radius 3 is 1.45 bits per heavy atom. The number of hydrogen-bond acceptors (Lipinski definition) is 0. The van der Waals surface area contributed by atoms with E-state index in [2.05, 4.69) is 240 Å². The summed E-state index contributed by atoms with van der Waals surface area (Å²) in [6.07, 6.45) is 2.23. The number of fused-ring (bicyclic) bond motifs is 7. The molecule has 2 heteroatoms. The third kappa shape index (κ3) is 5.65. The van der Waals surface area contributed by atoms with Crippen LogP contribution in [0.1, 0.15) is 0 Å². The minimum absolute atomic E-state index is 1.13. The summed E-state index contributed by atoms with van der Waals surface area (Å²) in [5.74, 6) is 0. The van der Waals surface area contributed by atoms with Crippen LogP contribution in [0.25, 0.3) is 110 Å². The molecule has 2 aromatic heterocycles. The van der Waals surface area contributed by atoms with Crippen LogP contribution in [0, 0.1) is 0 Å². The molecule has 0 saturated carbocycles. The summed E-state index contributed by atoms with van der Waals surface area (Å²) in [5.41, 5.74) is 15.4. The third-order valence-corrected chi connectivity index (χ3v) is 12.3. The molecule has 0 spiro atoms. The molecule has 10 aromatic carbocycles. The summed E-state index contributed by atoms with van der Waals surface area (Å²) in [4.78, 5) is 0. The molecule has 0 atom stereocenters. The molecular formula is C58H38N2. The molecule has 12 rings (SSSR count). The van der Waals surface area contributed by atoms with Gasteiger partial charge in [0.2, 0.25) is 0 Å². The maximum atomic E-state index is 2.44. The van der Waals surface area contributed by atoms with Crippen molar-refractivity contribution in [1.82, 2.24) is 9.13 Å². The Morgan fingerprint density at radius 2 is 0.783 bits per heavy atom. The van der Waals surface area contributed by atoms with Gasteiger partial charge in [0.15, 0.2) is 0 Å². The molecule has 0 radical (unpaired) electrons. The van der Waals surface area contributed by atoms with Crippen LogP contribution in [0.2, 0.25) is 0 Å². The van der Waals surface area contributed by atoms with Crippen molar-refractivity contribution in [2.24, 2.45) is 0 Å². The van der Waals surface area contributed by atoms with Gasteiger partial charge < -0.3 is 9.13 Å². The lowest BCUT2D eigenvalue weighted by molar-refractivity contribution is 1.14. The second kappa shape index (κ2) is 13.9. The van der Waals surface area contributed by atoms with Gasteiger partial charge >= 0.3 is 0 Å².